The van der Waals surface area contributed by atoms with Gasteiger partial charge in [0.05, 0.1) is 42.7 Å². The summed E-state index contributed by atoms with van der Waals surface area (Å²) < 4.78 is 32.6. The monoisotopic (exact) mass is 635 g/mol. The van der Waals surface area contributed by atoms with Gasteiger partial charge in [-0.3, -0.25) is 0 Å². The van der Waals surface area contributed by atoms with E-state index >= 15 is 0 Å². The fourth-order valence-electron chi connectivity index (χ4n) is 5.97. The molecule has 0 saturated heterocycles. The molecule has 3 aromatic rings. The highest BCUT2D eigenvalue weighted by Crippen LogP contribution is 2.30. The minimum atomic E-state index is 0.786. The number of aryl methyl sites for hydroxylation is 3. The number of rotatable bonds is 24. The van der Waals surface area contributed by atoms with E-state index in [0.717, 1.165) is 73.4 Å². The molecule has 46 heavy (non-hydrogen) atoms. The van der Waals surface area contributed by atoms with Gasteiger partial charge in [-0.15, -0.1) is 0 Å². The van der Waals surface area contributed by atoms with Crippen molar-refractivity contribution < 1.29 is 28.4 Å². The molecule has 0 heterocycles. The zero-order chi connectivity index (χ0) is 33.0. The number of nitrogens with zero attached hydrogens (tertiary/aromatic N) is 1. The third-order valence-electron chi connectivity index (χ3n) is 8.66. The molecule has 7 heteroatoms. The highest BCUT2D eigenvalue weighted by molar-refractivity contribution is 5.44. The van der Waals surface area contributed by atoms with E-state index in [9.17, 15) is 0 Å². The number of benzene rings is 3. The zero-order valence-corrected chi connectivity index (χ0v) is 29.2. The van der Waals surface area contributed by atoms with Crippen LogP contribution in [0.2, 0.25) is 0 Å². The Hall–Kier alpha value is -3.58. The Kier molecular flexibility index (Phi) is 17.0. The maximum absolute atomic E-state index is 5.48. The molecule has 0 bridgehead atoms. The van der Waals surface area contributed by atoms with Gasteiger partial charge < -0.3 is 33.3 Å². The Morgan fingerprint density at radius 1 is 0.348 bits per heavy atom. The first kappa shape index (κ1) is 36.9. The van der Waals surface area contributed by atoms with Gasteiger partial charge in [-0.2, -0.15) is 0 Å². The second kappa shape index (κ2) is 21.3. The van der Waals surface area contributed by atoms with Crippen molar-refractivity contribution in [2.45, 2.75) is 77.0 Å². The summed E-state index contributed by atoms with van der Waals surface area (Å²) >= 11 is 0. The normalized spacial score (nSPS) is 11.0. The molecule has 0 aliphatic heterocycles. The molecule has 7 nitrogen and oxygen atoms in total. The minimum absolute atomic E-state index is 0.786. The van der Waals surface area contributed by atoms with Crippen LogP contribution in [0.1, 0.15) is 74.5 Å². The third kappa shape index (κ3) is 12.3. The first-order chi connectivity index (χ1) is 22.5. The van der Waals surface area contributed by atoms with Crippen molar-refractivity contribution in [1.82, 2.24) is 4.90 Å². The van der Waals surface area contributed by atoms with Gasteiger partial charge in [0.1, 0.15) is 0 Å². The molecule has 0 fully saturated rings. The van der Waals surface area contributed by atoms with Crippen molar-refractivity contribution in [3.63, 3.8) is 0 Å². The van der Waals surface area contributed by atoms with Gasteiger partial charge in [0.2, 0.25) is 0 Å². The zero-order valence-electron chi connectivity index (χ0n) is 29.2. The molecule has 0 radical (unpaired) electrons. The van der Waals surface area contributed by atoms with Crippen molar-refractivity contribution in [3.05, 3.63) is 71.3 Å². The number of hydrogen-bond donors (Lipinski definition) is 0. The summed E-state index contributed by atoms with van der Waals surface area (Å²) in [6.45, 7) is 3.49. The molecule has 254 valence electrons. The fraction of sp³-hybridized carbons (Fsp3) is 0.538. The second-order valence-electron chi connectivity index (χ2n) is 11.8. The maximum atomic E-state index is 5.48. The third-order valence-corrected chi connectivity index (χ3v) is 8.66. The molecule has 3 aromatic carbocycles. The highest BCUT2D eigenvalue weighted by Gasteiger charge is 2.09. The summed E-state index contributed by atoms with van der Waals surface area (Å²) in [5, 5.41) is 0. The largest absolute Gasteiger partial charge is 0.493 e. The van der Waals surface area contributed by atoms with E-state index in [0.29, 0.717) is 0 Å². The maximum Gasteiger partial charge on any atom is 0.160 e. The van der Waals surface area contributed by atoms with Crippen LogP contribution < -0.4 is 28.4 Å². The smallest absolute Gasteiger partial charge is 0.160 e. The van der Waals surface area contributed by atoms with Crippen molar-refractivity contribution in [1.29, 1.82) is 0 Å². The lowest BCUT2D eigenvalue weighted by molar-refractivity contribution is 0.255. The van der Waals surface area contributed by atoms with E-state index in [-0.39, 0.29) is 0 Å². The van der Waals surface area contributed by atoms with Crippen LogP contribution >= 0.6 is 0 Å². The molecule has 0 N–H and O–H groups in total. The van der Waals surface area contributed by atoms with E-state index in [4.69, 9.17) is 28.4 Å². The van der Waals surface area contributed by atoms with E-state index in [1.807, 2.05) is 18.2 Å². The lowest BCUT2D eigenvalue weighted by Gasteiger charge is -2.22. The SMILES string of the molecule is COc1ccc(CCCCCN(CCCCCc2ccc(OC)c(OC)c2)CCCCCc2ccc(OC)c(OC)c2)cc1OC. The van der Waals surface area contributed by atoms with Crippen molar-refractivity contribution in [2.75, 3.05) is 62.3 Å². The number of ether oxygens (including phenoxy) is 6. The van der Waals surface area contributed by atoms with Crippen molar-refractivity contribution in [3.8, 4) is 34.5 Å². The molecule has 0 aliphatic rings. The van der Waals surface area contributed by atoms with Crippen LogP contribution in [0.3, 0.4) is 0 Å². The van der Waals surface area contributed by atoms with Crippen LogP contribution in [0.4, 0.5) is 0 Å². The first-order valence-electron chi connectivity index (χ1n) is 16.9. The van der Waals surface area contributed by atoms with Gasteiger partial charge >= 0.3 is 0 Å². The van der Waals surface area contributed by atoms with Gasteiger partial charge in [0.25, 0.3) is 0 Å². The molecular weight excluding hydrogens is 578 g/mol. The number of methoxy groups -OCH3 is 6. The van der Waals surface area contributed by atoms with E-state index < -0.39 is 0 Å². The number of unbranched alkanes of at least 4 members (excludes halogenated alkanes) is 6. The molecule has 0 saturated carbocycles. The number of hydrogen-bond acceptors (Lipinski definition) is 7. The van der Waals surface area contributed by atoms with Crippen LogP contribution in [0.5, 0.6) is 34.5 Å². The Labute approximate surface area is 278 Å². The first-order valence-corrected chi connectivity index (χ1v) is 16.9. The minimum Gasteiger partial charge on any atom is -0.493 e. The Bertz CT molecular complexity index is 1120. The topological polar surface area (TPSA) is 58.6 Å². The molecule has 0 aliphatic carbocycles. The van der Waals surface area contributed by atoms with E-state index in [1.54, 1.807) is 42.7 Å². The van der Waals surface area contributed by atoms with Crippen molar-refractivity contribution >= 4 is 0 Å². The second-order valence-corrected chi connectivity index (χ2v) is 11.8. The van der Waals surface area contributed by atoms with Crippen LogP contribution in [-0.2, 0) is 19.3 Å². The van der Waals surface area contributed by atoms with Gasteiger partial charge in [0, 0.05) is 0 Å². The molecule has 0 unspecified atom stereocenters. The van der Waals surface area contributed by atoms with Crippen LogP contribution in [0.25, 0.3) is 0 Å². The molecule has 0 aromatic heterocycles. The molecular formula is C39H57NO6. The Morgan fingerprint density at radius 2 is 0.630 bits per heavy atom. The van der Waals surface area contributed by atoms with E-state index in [1.165, 1.54) is 74.5 Å². The summed E-state index contributed by atoms with van der Waals surface area (Å²) in [7, 11) is 10.1. The fourth-order valence-corrected chi connectivity index (χ4v) is 5.97. The summed E-state index contributed by atoms with van der Waals surface area (Å²) in [6.07, 6.45) is 14.1. The Balaban J connectivity index is 1.42. The van der Waals surface area contributed by atoms with Gasteiger partial charge in [-0.05, 0) is 131 Å². The summed E-state index contributed by atoms with van der Waals surface area (Å²) in [6, 6.07) is 18.8. The summed E-state index contributed by atoms with van der Waals surface area (Å²) in [4.78, 5) is 2.70. The lowest BCUT2D eigenvalue weighted by Crippen LogP contribution is -2.27. The molecule has 3 rings (SSSR count). The predicted octanol–water partition coefficient (Wildman–Crippen LogP) is 8.58. The summed E-state index contributed by atoms with van der Waals surface area (Å²) in [5.74, 6) is 4.79. The average Bonchev–Trinajstić information content (AvgIpc) is 3.10. The van der Waals surface area contributed by atoms with Gasteiger partial charge in [0.15, 0.2) is 34.5 Å². The van der Waals surface area contributed by atoms with Crippen LogP contribution in [-0.4, -0.2) is 67.2 Å². The molecule has 0 amide bonds. The van der Waals surface area contributed by atoms with E-state index in [2.05, 4.69) is 41.3 Å². The Morgan fingerprint density at radius 3 is 0.891 bits per heavy atom. The standard InChI is InChI=1S/C39H57NO6/c1-41-34-22-19-31(28-37(34)44-4)16-10-7-13-25-40(26-14-8-11-17-32-20-23-35(42-2)38(29-32)45-5)27-15-9-12-18-33-21-24-36(43-3)39(30-33)46-6/h19-24,28-30H,7-18,25-27H2,1-6H3. The van der Waals surface area contributed by atoms with Gasteiger partial charge in [-0.25, -0.2) is 0 Å². The predicted molar refractivity (Wildman–Crippen MR) is 188 cm³/mol. The van der Waals surface area contributed by atoms with Crippen molar-refractivity contribution in [2.24, 2.45) is 0 Å². The summed E-state index contributed by atoms with van der Waals surface area (Å²) in [5.41, 5.74) is 3.91. The quantitative estimate of drug-likeness (QED) is 0.0914. The molecule has 0 spiro atoms. The van der Waals surface area contributed by atoms with Crippen LogP contribution in [0, 0.1) is 0 Å². The van der Waals surface area contributed by atoms with Gasteiger partial charge in [-0.1, -0.05) is 37.5 Å². The average molecular weight is 636 g/mol. The molecule has 0 atom stereocenters. The highest BCUT2D eigenvalue weighted by atomic mass is 16.5. The lowest BCUT2D eigenvalue weighted by atomic mass is 10.0. The van der Waals surface area contributed by atoms with Crippen LogP contribution in [0.15, 0.2) is 54.6 Å².